The van der Waals surface area contributed by atoms with Crippen LogP contribution < -0.4 is 14.9 Å². The van der Waals surface area contributed by atoms with E-state index in [1.165, 1.54) is 30.3 Å². The molecule has 0 amide bonds. The number of benzene rings is 3. The van der Waals surface area contributed by atoms with Gasteiger partial charge in [0.15, 0.2) is 21.2 Å². The number of nitrogens with zero attached hydrogens (tertiary/aromatic N) is 6. The summed E-state index contributed by atoms with van der Waals surface area (Å²) in [5.74, 6) is -6.64. The van der Waals surface area contributed by atoms with Crippen molar-refractivity contribution < 1.29 is 56.1 Å². The number of hydrogen-bond donors (Lipinski definition) is 5. The molecule has 272 valence electrons. The van der Waals surface area contributed by atoms with E-state index in [2.05, 4.69) is 35.3 Å². The zero-order valence-corrected chi connectivity index (χ0v) is 28.5. The molecule has 0 aliphatic rings. The standard InChI is InChI=1S/C30H24N8O10S2.CO2/c1-31-23-9-8-22(16-24(23)32-2)49(45,46)10-5-11-50(47,48)38(3)30-36-28(33-20-7-4-6-17(13-20)25(39)40)35-29(37-30)34-21-14-18(26(41)42)12-19(15-21)27(43)44;2-1-3/h4,6-9,12-16H,5,10-11H2,3H3,(H,39,40)(H,41,42)(H,43,44)(H2,33,34,35,36,37);. The Labute approximate surface area is 300 Å². The predicted octanol–water partition coefficient (Wildman–Crippen LogP) is 3.60. The number of carboxylic acid groups (broad SMARTS) is 3. The third kappa shape index (κ3) is 10.6. The summed E-state index contributed by atoms with van der Waals surface area (Å²) < 4.78 is 53.2. The Morgan fingerprint density at radius 3 is 1.79 bits per heavy atom. The van der Waals surface area contributed by atoms with Crippen molar-refractivity contribution in [3.8, 4) is 0 Å². The van der Waals surface area contributed by atoms with Crippen molar-refractivity contribution in [2.24, 2.45) is 0 Å². The van der Waals surface area contributed by atoms with Crippen molar-refractivity contribution in [3.63, 3.8) is 0 Å². The van der Waals surface area contributed by atoms with Gasteiger partial charge in [-0.05, 0) is 48.9 Å². The summed E-state index contributed by atoms with van der Waals surface area (Å²) in [5, 5.41) is 33.6. The smallest absolute Gasteiger partial charge is 0.373 e. The van der Waals surface area contributed by atoms with Crippen molar-refractivity contribution >= 4 is 84.5 Å². The second kappa shape index (κ2) is 17.1. The number of sulfone groups is 1. The van der Waals surface area contributed by atoms with Crippen LogP contribution in [0.4, 0.5) is 40.6 Å². The van der Waals surface area contributed by atoms with Crippen molar-refractivity contribution in [1.82, 2.24) is 15.0 Å². The average Bonchev–Trinajstić information content (AvgIpc) is 3.10. The summed E-state index contributed by atoms with van der Waals surface area (Å²) in [4.78, 5) is 69.3. The molecule has 20 nitrogen and oxygen atoms in total. The molecule has 0 saturated heterocycles. The van der Waals surface area contributed by atoms with Gasteiger partial charge in [0.1, 0.15) is 0 Å². The number of aromatic nitrogens is 3. The van der Waals surface area contributed by atoms with E-state index in [9.17, 15) is 46.5 Å². The number of aromatic carboxylic acids is 3. The van der Waals surface area contributed by atoms with Crippen LogP contribution in [0.25, 0.3) is 9.69 Å². The van der Waals surface area contributed by atoms with E-state index in [4.69, 9.17) is 22.7 Å². The number of rotatable bonds is 14. The van der Waals surface area contributed by atoms with Crippen LogP contribution >= 0.6 is 0 Å². The minimum absolute atomic E-state index is 0.0327. The Kier molecular flexibility index (Phi) is 13.0. The van der Waals surface area contributed by atoms with E-state index in [0.717, 1.165) is 37.4 Å². The second-order valence-electron chi connectivity index (χ2n) is 10.2. The first-order chi connectivity index (χ1) is 24.9. The summed E-state index contributed by atoms with van der Waals surface area (Å²) in [6.45, 7) is 14.3. The number of carbonyl (C=O) groups is 3. The fourth-order valence-corrected chi connectivity index (χ4v) is 6.87. The summed E-state index contributed by atoms with van der Waals surface area (Å²) in [7, 11) is -7.31. The molecule has 0 aliphatic carbocycles. The van der Waals surface area contributed by atoms with Crippen LogP contribution in [0.15, 0.2) is 65.6 Å². The highest BCUT2D eigenvalue weighted by molar-refractivity contribution is 7.93. The maximum absolute atomic E-state index is 13.4. The topological polar surface area (TPSA) is 289 Å². The molecule has 0 saturated carbocycles. The van der Waals surface area contributed by atoms with Crippen LogP contribution in [0, 0.1) is 13.1 Å². The molecule has 5 N–H and O–H groups in total. The summed E-state index contributed by atoms with van der Waals surface area (Å²) >= 11 is 0. The van der Waals surface area contributed by atoms with Crippen LogP contribution in [-0.4, -0.2) is 89.7 Å². The Balaban J connectivity index is 0.00000243. The zero-order chi connectivity index (χ0) is 39.5. The van der Waals surface area contributed by atoms with E-state index in [1.807, 2.05) is 0 Å². The quantitative estimate of drug-likeness (QED) is 0.115. The van der Waals surface area contributed by atoms with Gasteiger partial charge in [-0.2, -0.15) is 24.5 Å². The van der Waals surface area contributed by atoms with Crippen molar-refractivity contribution in [1.29, 1.82) is 0 Å². The average molecular weight is 765 g/mol. The molecule has 3 aromatic carbocycles. The molecule has 4 rings (SSSR count). The van der Waals surface area contributed by atoms with E-state index in [1.54, 1.807) is 0 Å². The maximum Gasteiger partial charge on any atom is 0.373 e. The number of nitrogens with one attached hydrogen (secondary N) is 2. The molecule has 0 radical (unpaired) electrons. The largest absolute Gasteiger partial charge is 0.478 e. The summed E-state index contributed by atoms with van der Waals surface area (Å²) in [5.41, 5.74) is -1.01. The zero-order valence-electron chi connectivity index (χ0n) is 26.9. The summed E-state index contributed by atoms with van der Waals surface area (Å²) in [6, 6.07) is 11.9. The molecule has 22 heteroatoms. The van der Waals surface area contributed by atoms with Gasteiger partial charge >= 0.3 is 24.1 Å². The SMILES string of the molecule is O=C=O.[C-]#[N+]c1ccc(S(=O)(=O)CCCS(=O)(=O)N(C)c2nc(Nc3cccc(C(=O)O)c3)nc(Nc3cc(C(=O)O)cc(C(=O)O)c3)n2)cc1[N+]#[C-]. The molecular formula is C31H24N8O12S2. The number of carbonyl (C=O) groups excluding carboxylic acids is 2. The highest BCUT2D eigenvalue weighted by Gasteiger charge is 2.25. The molecule has 53 heavy (non-hydrogen) atoms. The van der Waals surface area contributed by atoms with Gasteiger partial charge in [-0.3, -0.25) is 9.69 Å². The minimum Gasteiger partial charge on any atom is -0.478 e. The van der Waals surface area contributed by atoms with E-state index in [-0.39, 0.29) is 51.3 Å². The molecule has 0 unspecified atom stereocenters. The Morgan fingerprint density at radius 1 is 0.736 bits per heavy atom. The van der Waals surface area contributed by atoms with Gasteiger partial charge in [-0.25, -0.2) is 35.5 Å². The Morgan fingerprint density at radius 2 is 1.26 bits per heavy atom. The third-order valence-corrected chi connectivity index (χ3v) is 10.3. The lowest BCUT2D eigenvalue weighted by atomic mass is 10.1. The van der Waals surface area contributed by atoms with Gasteiger partial charge in [0.25, 0.3) is 0 Å². The number of hydrogen-bond acceptors (Lipinski definition) is 14. The molecule has 0 spiro atoms. The third-order valence-electron chi connectivity index (χ3n) is 6.73. The fourth-order valence-electron chi connectivity index (χ4n) is 4.24. The second-order valence-corrected chi connectivity index (χ2v) is 14.5. The minimum atomic E-state index is -4.34. The molecule has 0 fully saturated rings. The Bertz CT molecular complexity index is 2410. The normalized spacial score (nSPS) is 10.6. The molecule has 1 aromatic heterocycles. The number of anilines is 5. The molecule has 0 aliphatic heterocycles. The first kappa shape index (κ1) is 40.2. The fraction of sp³-hybridized carbons (Fsp3) is 0.129. The predicted molar refractivity (Wildman–Crippen MR) is 183 cm³/mol. The molecule has 4 aromatic rings. The van der Waals surface area contributed by atoms with Crippen LogP contribution in [0.2, 0.25) is 0 Å². The molecule has 0 atom stereocenters. The first-order valence-electron chi connectivity index (χ1n) is 14.3. The molecule has 1 heterocycles. The van der Waals surface area contributed by atoms with Crippen molar-refractivity contribution in [3.05, 3.63) is 100 Å². The van der Waals surface area contributed by atoms with Gasteiger partial charge in [0.05, 0.1) is 46.2 Å². The van der Waals surface area contributed by atoms with Gasteiger partial charge in [-0.15, -0.1) is 0 Å². The van der Waals surface area contributed by atoms with E-state index in [0.29, 0.717) is 4.31 Å². The van der Waals surface area contributed by atoms with Crippen LogP contribution in [-0.2, 0) is 29.4 Å². The van der Waals surface area contributed by atoms with Gasteiger partial charge < -0.3 is 26.0 Å². The van der Waals surface area contributed by atoms with Crippen molar-refractivity contribution in [2.75, 3.05) is 33.5 Å². The van der Waals surface area contributed by atoms with Gasteiger partial charge in [0, 0.05) is 18.4 Å². The molecular weight excluding hydrogens is 741 g/mol. The lowest BCUT2D eigenvalue weighted by Gasteiger charge is -2.19. The number of sulfonamides is 1. The van der Waals surface area contributed by atoms with E-state index >= 15 is 0 Å². The lowest BCUT2D eigenvalue weighted by molar-refractivity contribution is -0.191. The monoisotopic (exact) mass is 764 g/mol. The van der Waals surface area contributed by atoms with Crippen molar-refractivity contribution in [2.45, 2.75) is 11.3 Å². The highest BCUT2D eigenvalue weighted by atomic mass is 32.2. The molecule has 0 bridgehead atoms. The van der Waals surface area contributed by atoms with E-state index < -0.39 is 72.8 Å². The van der Waals surface area contributed by atoms with Gasteiger partial charge in [-0.1, -0.05) is 18.2 Å². The maximum atomic E-state index is 13.4. The van der Waals surface area contributed by atoms with Crippen LogP contribution in [0.5, 0.6) is 0 Å². The number of carboxylic acids is 3. The highest BCUT2D eigenvalue weighted by Crippen LogP contribution is 2.31. The lowest BCUT2D eigenvalue weighted by Crippen LogP contribution is -2.31. The van der Waals surface area contributed by atoms with Crippen LogP contribution in [0.3, 0.4) is 0 Å². The Hall–Kier alpha value is -7.26. The van der Waals surface area contributed by atoms with Crippen LogP contribution in [0.1, 0.15) is 37.5 Å². The summed E-state index contributed by atoms with van der Waals surface area (Å²) in [6.07, 6.45) is -0.143. The van der Waals surface area contributed by atoms with Gasteiger partial charge in [0.2, 0.25) is 27.9 Å². The first-order valence-corrected chi connectivity index (χ1v) is 17.5.